The Balaban J connectivity index is 1.40. The molecule has 0 radical (unpaired) electrons. The highest BCUT2D eigenvalue weighted by Gasteiger charge is 2.20. The van der Waals surface area contributed by atoms with Gasteiger partial charge in [0.25, 0.3) is 0 Å². The summed E-state index contributed by atoms with van der Waals surface area (Å²) in [5, 5.41) is 0. The Kier molecular flexibility index (Phi) is 11.3. The van der Waals surface area contributed by atoms with E-state index < -0.39 is 0 Å². The smallest absolute Gasteiger partial charge is 0.216 e. The Morgan fingerprint density at radius 1 is 0.970 bits per heavy atom. The lowest BCUT2D eigenvalue weighted by Gasteiger charge is -2.19. The molecule has 5 nitrogen and oxygen atoms in total. The topological polar surface area (TPSA) is 49.3 Å². The molecule has 2 aromatic carbocycles. The molecule has 0 spiro atoms. The van der Waals surface area contributed by atoms with Crippen LogP contribution in [0.4, 0.5) is 0 Å². The summed E-state index contributed by atoms with van der Waals surface area (Å²) in [5.74, 6) is 1.59. The standard InChI is InChI=1S/C28H39NO4/c1-3-4-5-6-10-13-27(32-20-23-14-16-26(30-2)17-15-23)18-19-31-21-25-22-33-28(29-25)24-11-8-7-9-12-24/h7-9,11-12,14-17,25,27H,3-6,10,13,18-22H2,1-2H3/t25-,27-/m1/s1. The van der Waals surface area contributed by atoms with E-state index in [2.05, 4.69) is 24.0 Å². The average Bonchev–Trinajstić information content (AvgIpc) is 3.34. The minimum Gasteiger partial charge on any atom is -0.497 e. The first-order valence-electron chi connectivity index (χ1n) is 12.4. The third-order valence-corrected chi connectivity index (χ3v) is 5.90. The quantitative estimate of drug-likeness (QED) is 0.284. The molecule has 1 aliphatic heterocycles. The monoisotopic (exact) mass is 453 g/mol. The minimum absolute atomic E-state index is 0.0629. The fourth-order valence-electron chi connectivity index (χ4n) is 3.90. The van der Waals surface area contributed by atoms with Gasteiger partial charge < -0.3 is 18.9 Å². The highest BCUT2D eigenvalue weighted by molar-refractivity contribution is 5.95. The molecule has 0 unspecified atom stereocenters. The predicted molar refractivity (Wildman–Crippen MR) is 133 cm³/mol. The number of unbranched alkanes of at least 4 members (excludes halogenated alkanes) is 4. The molecule has 0 aromatic heterocycles. The second kappa shape index (κ2) is 14.7. The third-order valence-electron chi connectivity index (χ3n) is 5.90. The van der Waals surface area contributed by atoms with Crippen molar-refractivity contribution in [3.63, 3.8) is 0 Å². The Hall–Kier alpha value is -2.37. The fourth-order valence-corrected chi connectivity index (χ4v) is 3.90. The maximum absolute atomic E-state index is 6.28. The number of methoxy groups -OCH3 is 1. The molecule has 0 fully saturated rings. The highest BCUT2D eigenvalue weighted by atomic mass is 16.5. The third kappa shape index (κ3) is 9.18. The van der Waals surface area contributed by atoms with Crippen LogP contribution in [-0.2, 0) is 20.8 Å². The number of nitrogens with zero attached hydrogens (tertiary/aromatic N) is 1. The Labute approximate surface area is 199 Å². The summed E-state index contributed by atoms with van der Waals surface area (Å²) in [4.78, 5) is 4.67. The first-order chi connectivity index (χ1) is 16.3. The van der Waals surface area contributed by atoms with Crippen LogP contribution in [0, 0.1) is 0 Å². The number of benzene rings is 2. The van der Waals surface area contributed by atoms with E-state index in [0.29, 0.717) is 26.4 Å². The predicted octanol–water partition coefficient (Wildman–Crippen LogP) is 6.19. The van der Waals surface area contributed by atoms with E-state index in [-0.39, 0.29) is 12.1 Å². The van der Waals surface area contributed by atoms with Crippen molar-refractivity contribution in [1.29, 1.82) is 0 Å². The van der Waals surface area contributed by atoms with Crippen molar-refractivity contribution in [2.75, 3.05) is 26.9 Å². The average molecular weight is 454 g/mol. The maximum Gasteiger partial charge on any atom is 0.216 e. The van der Waals surface area contributed by atoms with Crippen LogP contribution in [0.25, 0.3) is 0 Å². The van der Waals surface area contributed by atoms with Gasteiger partial charge >= 0.3 is 0 Å². The normalized spacial score (nSPS) is 16.3. The van der Waals surface area contributed by atoms with Crippen LogP contribution in [0.3, 0.4) is 0 Å². The van der Waals surface area contributed by atoms with Gasteiger partial charge in [-0.3, -0.25) is 0 Å². The molecule has 2 atom stereocenters. The Morgan fingerprint density at radius 2 is 1.76 bits per heavy atom. The van der Waals surface area contributed by atoms with Gasteiger partial charge in [-0.25, -0.2) is 4.99 Å². The van der Waals surface area contributed by atoms with Gasteiger partial charge in [-0.2, -0.15) is 0 Å². The lowest BCUT2D eigenvalue weighted by Crippen LogP contribution is -2.19. The van der Waals surface area contributed by atoms with Gasteiger partial charge in [0.2, 0.25) is 5.90 Å². The number of aliphatic imine (C=N–C) groups is 1. The molecule has 0 saturated heterocycles. The SMILES string of the molecule is CCCCCCC[C@H](CCOC[C@@H]1COC(c2ccccc2)=N1)OCc1ccc(OC)cc1. The highest BCUT2D eigenvalue weighted by Crippen LogP contribution is 2.17. The van der Waals surface area contributed by atoms with Gasteiger partial charge in [0.15, 0.2) is 0 Å². The van der Waals surface area contributed by atoms with Gasteiger partial charge in [0.05, 0.1) is 26.4 Å². The lowest BCUT2D eigenvalue weighted by molar-refractivity contribution is 0.00364. The van der Waals surface area contributed by atoms with Gasteiger partial charge in [-0.15, -0.1) is 0 Å². The van der Waals surface area contributed by atoms with Crippen molar-refractivity contribution in [2.24, 2.45) is 4.99 Å². The van der Waals surface area contributed by atoms with E-state index in [1.165, 1.54) is 37.7 Å². The summed E-state index contributed by atoms with van der Waals surface area (Å²) in [6.45, 7) is 4.71. The molecule has 0 amide bonds. The lowest BCUT2D eigenvalue weighted by atomic mass is 10.1. The van der Waals surface area contributed by atoms with E-state index in [0.717, 1.165) is 30.1 Å². The van der Waals surface area contributed by atoms with E-state index in [1.807, 2.05) is 42.5 Å². The van der Waals surface area contributed by atoms with E-state index in [1.54, 1.807) is 7.11 Å². The summed E-state index contributed by atoms with van der Waals surface area (Å²) in [6, 6.07) is 18.2. The van der Waals surface area contributed by atoms with Crippen molar-refractivity contribution >= 4 is 5.90 Å². The molecule has 3 rings (SSSR count). The molecule has 5 heteroatoms. The molecule has 180 valence electrons. The van der Waals surface area contributed by atoms with Crippen LogP contribution in [0.15, 0.2) is 59.6 Å². The fraction of sp³-hybridized carbons (Fsp3) is 0.536. The van der Waals surface area contributed by atoms with Gasteiger partial charge in [0.1, 0.15) is 18.4 Å². The zero-order chi connectivity index (χ0) is 23.1. The zero-order valence-electron chi connectivity index (χ0n) is 20.2. The number of rotatable bonds is 16. The summed E-state index contributed by atoms with van der Waals surface area (Å²) >= 11 is 0. The van der Waals surface area contributed by atoms with Crippen LogP contribution in [0.2, 0.25) is 0 Å². The first kappa shape index (κ1) is 25.3. The van der Waals surface area contributed by atoms with Crippen LogP contribution in [0.1, 0.15) is 63.0 Å². The summed E-state index contributed by atoms with van der Waals surface area (Å²) in [7, 11) is 1.69. The van der Waals surface area contributed by atoms with Crippen molar-refractivity contribution in [3.05, 3.63) is 65.7 Å². The molecule has 33 heavy (non-hydrogen) atoms. The molecule has 0 saturated carbocycles. The molecule has 0 aliphatic carbocycles. The largest absolute Gasteiger partial charge is 0.497 e. The van der Waals surface area contributed by atoms with Crippen LogP contribution in [0.5, 0.6) is 5.75 Å². The van der Waals surface area contributed by atoms with Crippen molar-refractivity contribution < 1.29 is 18.9 Å². The molecule has 1 aliphatic rings. The van der Waals surface area contributed by atoms with E-state index in [4.69, 9.17) is 18.9 Å². The Morgan fingerprint density at radius 3 is 2.52 bits per heavy atom. The van der Waals surface area contributed by atoms with Gasteiger partial charge in [-0.1, -0.05) is 69.4 Å². The van der Waals surface area contributed by atoms with Crippen LogP contribution >= 0.6 is 0 Å². The van der Waals surface area contributed by atoms with Crippen molar-refractivity contribution in [3.8, 4) is 5.75 Å². The molecule has 0 N–H and O–H groups in total. The molecular weight excluding hydrogens is 414 g/mol. The van der Waals surface area contributed by atoms with Crippen molar-refractivity contribution in [1.82, 2.24) is 0 Å². The van der Waals surface area contributed by atoms with Crippen molar-refractivity contribution in [2.45, 2.75) is 70.6 Å². The van der Waals surface area contributed by atoms with Gasteiger partial charge in [0, 0.05) is 12.2 Å². The summed E-state index contributed by atoms with van der Waals surface area (Å²) in [5.41, 5.74) is 2.19. The van der Waals surface area contributed by atoms with E-state index >= 15 is 0 Å². The molecular formula is C28H39NO4. The number of hydrogen-bond donors (Lipinski definition) is 0. The molecule has 2 aromatic rings. The van der Waals surface area contributed by atoms with Crippen LogP contribution < -0.4 is 4.74 Å². The second-order valence-corrected chi connectivity index (χ2v) is 8.61. The maximum atomic E-state index is 6.28. The van der Waals surface area contributed by atoms with Gasteiger partial charge in [-0.05, 0) is 42.7 Å². The second-order valence-electron chi connectivity index (χ2n) is 8.61. The minimum atomic E-state index is 0.0629. The van der Waals surface area contributed by atoms with Crippen LogP contribution in [-0.4, -0.2) is 45.0 Å². The van der Waals surface area contributed by atoms with E-state index in [9.17, 15) is 0 Å². The number of ether oxygens (including phenoxy) is 4. The number of hydrogen-bond acceptors (Lipinski definition) is 5. The zero-order valence-corrected chi connectivity index (χ0v) is 20.2. The Bertz CT molecular complexity index is 806. The molecule has 0 bridgehead atoms. The first-order valence-corrected chi connectivity index (χ1v) is 12.4. The molecule has 1 heterocycles. The summed E-state index contributed by atoms with van der Waals surface area (Å²) < 4.78 is 23.3. The summed E-state index contributed by atoms with van der Waals surface area (Å²) in [6.07, 6.45) is 8.54.